The second kappa shape index (κ2) is 12.5. The van der Waals surface area contributed by atoms with Gasteiger partial charge >= 0.3 is 0 Å². The van der Waals surface area contributed by atoms with E-state index >= 15 is 0 Å². The smallest absolute Gasteiger partial charge is 0.258 e. The number of hydrogen-bond donors (Lipinski definition) is 2. The van der Waals surface area contributed by atoms with Crippen LogP contribution >= 0.6 is 11.6 Å². The van der Waals surface area contributed by atoms with Gasteiger partial charge in [-0.2, -0.15) is 0 Å². The molecule has 0 saturated carbocycles. The molecule has 0 aliphatic heterocycles. The highest BCUT2D eigenvalue weighted by molar-refractivity contribution is 6.30. The van der Waals surface area contributed by atoms with Crippen LogP contribution in [0, 0.1) is 5.82 Å². The Hall–Kier alpha value is -3.36. The molecule has 0 spiro atoms. The fourth-order valence-corrected chi connectivity index (χ4v) is 3.65. The molecule has 7 nitrogen and oxygen atoms in total. The van der Waals surface area contributed by atoms with Gasteiger partial charge in [0.2, 0.25) is 0 Å². The highest BCUT2D eigenvalue weighted by atomic mass is 35.5. The molecule has 1 aliphatic rings. The Morgan fingerprint density at radius 2 is 1.94 bits per heavy atom. The number of phenolic OH excluding ortho intramolecular Hbond substituents is 1. The lowest BCUT2D eigenvalue weighted by molar-refractivity contribution is -0.108. The van der Waals surface area contributed by atoms with Crippen LogP contribution < -0.4 is 5.73 Å². The molecule has 1 heterocycles. The second-order valence-corrected chi connectivity index (χ2v) is 6.99. The van der Waals surface area contributed by atoms with Crippen LogP contribution in [-0.4, -0.2) is 45.8 Å². The lowest BCUT2D eigenvalue weighted by Gasteiger charge is -2.28. The van der Waals surface area contributed by atoms with Crippen LogP contribution in [0.1, 0.15) is 33.9 Å². The molecule has 1 aliphatic carbocycles. The fraction of sp³-hybridized carbons (Fsp3) is 0.217. The molecule has 1 amide bonds. The number of fused-ring (bicyclic) bond motifs is 1. The van der Waals surface area contributed by atoms with E-state index in [0.717, 1.165) is 0 Å². The first-order valence-corrected chi connectivity index (χ1v) is 10.2. The van der Waals surface area contributed by atoms with Crippen molar-refractivity contribution in [2.24, 2.45) is 5.73 Å². The normalized spacial score (nSPS) is 13.6. The van der Waals surface area contributed by atoms with E-state index in [1.807, 2.05) is 0 Å². The van der Waals surface area contributed by atoms with Crippen molar-refractivity contribution in [3.05, 3.63) is 88.7 Å². The SMILES string of the molecule is CN.O=CCN(C(=O)c1ccccc1O)C1CCc2c(F)cc(Cl)cc21.c1cncnc1. The number of halogens is 2. The van der Waals surface area contributed by atoms with Gasteiger partial charge in [-0.3, -0.25) is 4.79 Å². The van der Waals surface area contributed by atoms with Crippen molar-refractivity contribution in [1.29, 1.82) is 0 Å². The number of nitrogens with two attached hydrogens (primary N) is 1. The van der Waals surface area contributed by atoms with Crippen molar-refractivity contribution in [2.75, 3.05) is 13.6 Å². The summed E-state index contributed by atoms with van der Waals surface area (Å²) in [6, 6.07) is 10.3. The van der Waals surface area contributed by atoms with E-state index in [0.29, 0.717) is 30.3 Å². The van der Waals surface area contributed by atoms with Crippen molar-refractivity contribution in [1.82, 2.24) is 14.9 Å². The zero-order chi connectivity index (χ0) is 23.5. The summed E-state index contributed by atoms with van der Waals surface area (Å²) in [6.45, 7) is -0.147. The van der Waals surface area contributed by atoms with Gasteiger partial charge in [0.15, 0.2) is 0 Å². The number of rotatable bonds is 4. The van der Waals surface area contributed by atoms with E-state index in [9.17, 15) is 19.1 Å². The standard InChI is InChI=1S/C18H15ClFNO3.C4H4N2.CH5N/c19-11-9-14-12(15(20)10-11)5-6-16(14)21(7-8-22)18(24)13-3-1-2-4-17(13)23;1-2-5-4-6-3-1;1-2/h1-4,8-10,16,23H,5-7H2;1-4H;2H2,1H3. The van der Waals surface area contributed by atoms with Crippen molar-refractivity contribution in [2.45, 2.75) is 18.9 Å². The molecule has 4 rings (SSSR count). The number of hydrogen-bond acceptors (Lipinski definition) is 6. The molecule has 2 aromatic carbocycles. The largest absolute Gasteiger partial charge is 0.507 e. The Labute approximate surface area is 190 Å². The first kappa shape index (κ1) is 24.9. The molecular formula is C23H24ClFN4O3. The van der Waals surface area contributed by atoms with Gasteiger partial charge < -0.3 is 20.5 Å². The predicted molar refractivity (Wildman–Crippen MR) is 120 cm³/mol. The third kappa shape index (κ3) is 6.09. The molecule has 0 bridgehead atoms. The number of amides is 1. The second-order valence-electron chi connectivity index (χ2n) is 6.56. The van der Waals surface area contributed by atoms with E-state index in [1.54, 1.807) is 36.7 Å². The van der Waals surface area contributed by atoms with Crippen LogP contribution in [0.25, 0.3) is 0 Å². The highest BCUT2D eigenvalue weighted by Crippen LogP contribution is 2.39. The van der Waals surface area contributed by atoms with Gasteiger partial charge in [-0.15, -0.1) is 0 Å². The van der Waals surface area contributed by atoms with E-state index in [1.165, 1.54) is 36.5 Å². The Kier molecular flexibility index (Phi) is 9.72. The summed E-state index contributed by atoms with van der Waals surface area (Å²) in [7, 11) is 1.50. The van der Waals surface area contributed by atoms with Crippen LogP contribution in [-0.2, 0) is 11.2 Å². The quantitative estimate of drug-likeness (QED) is 0.578. The third-order valence-corrected chi connectivity index (χ3v) is 4.96. The van der Waals surface area contributed by atoms with Crippen molar-refractivity contribution >= 4 is 23.8 Å². The first-order chi connectivity index (χ1) is 15.5. The van der Waals surface area contributed by atoms with Gasteiger partial charge in [0, 0.05) is 17.4 Å². The lowest BCUT2D eigenvalue weighted by atomic mass is 10.0. The van der Waals surface area contributed by atoms with Gasteiger partial charge in [0.05, 0.1) is 18.2 Å². The maximum atomic E-state index is 14.1. The number of para-hydroxylation sites is 1. The molecule has 3 aromatic rings. The molecule has 168 valence electrons. The molecule has 0 fully saturated rings. The minimum atomic E-state index is -0.474. The van der Waals surface area contributed by atoms with Crippen molar-refractivity contribution in [3.8, 4) is 5.75 Å². The van der Waals surface area contributed by atoms with Gasteiger partial charge in [-0.05, 0) is 61.3 Å². The molecule has 1 unspecified atom stereocenters. The van der Waals surface area contributed by atoms with Gasteiger partial charge in [0.25, 0.3) is 5.91 Å². The summed E-state index contributed by atoms with van der Waals surface area (Å²) in [6.07, 6.45) is 6.46. The topological polar surface area (TPSA) is 109 Å². The van der Waals surface area contributed by atoms with E-state index in [4.69, 9.17) is 11.6 Å². The number of carbonyl (C=O) groups is 2. The lowest BCUT2D eigenvalue weighted by Crippen LogP contribution is -2.35. The molecule has 9 heteroatoms. The Balaban J connectivity index is 0.000000387. The molecule has 32 heavy (non-hydrogen) atoms. The number of aldehydes is 1. The number of aromatic hydroxyl groups is 1. The molecule has 0 radical (unpaired) electrons. The summed E-state index contributed by atoms with van der Waals surface area (Å²) in [5.41, 5.74) is 5.74. The number of phenols is 1. The average Bonchev–Trinajstić information content (AvgIpc) is 3.24. The minimum Gasteiger partial charge on any atom is -0.507 e. The third-order valence-electron chi connectivity index (χ3n) is 4.74. The molecule has 3 N–H and O–H groups in total. The summed E-state index contributed by atoms with van der Waals surface area (Å²) in [4.78, 5) is 32.6. The van der Waals surface area contributed by atoms with Crippen molar-refractivity contribution in [3.63, 3.8) is 0 Å². The zero-order valence-corrected chi connectivity index (χ0v) is 18.2. The van der Waals surface area contributed by atoms with E-state index in [2.05, 4.69) is 15.7 Å². The number of aromatic nitrogens is 2. The Bertz CT molecular complexity index is 1010. The monoisotopic (exact) mass is 458 g/mol. The maximum Gasteiger partial charge on any atom is 0.258 e. The number of carbonyl (C=O) groups excluding carboxylic acids is 2. The zero-order valence-electron chi connectivity index (χ0n) is 17.5. The van der Waals surface area contributed by atoms with Crippen LogP contribution in [0.4, 0.5) is 4.39 Å². The fourth-order valence-electron chi connectivity index (χ4n) is 3.44. The molecule has 1 aromatic heterocycles. The maximum absolute atomic E-state index is 14.1. The Morgan fingerprint density at radius 1 is 1.25 bits per heavy atom. The number of nitrogens with zero attached hydrogens (tertiary/aromatic N) is 3. The van der Waals surface area contributed by atoms with Crippen LogP contribution in [0.5, 0.6) is 5.75 Å². The van der Waals surface area contributed by atoms with Crippen LogP contribution in [0.3, 0.4) is 0 Å². The average molecular weight is 459 g/mol. The summed E-state index contributed by atoms with van der Waals surface area (Å²) in [5, 5.41) is 10.2. The molecule has 1 atom stereocenters. The Morgan fingerprint density at radius 3 is 2.50 bits per heavy atom. The van der Waals surface area contributed by atoms with Gasteiger partial charge in [-0.25, -0.2) is 14.4 Å². The first-order valence-electron chi connectivity index (χ1n) is 9.81. The van der Waals surface area contributed by atoms with E-state index < -0.39 is 17.8 Å². The van der Waals surface area contributed by atoms with Crippen LogP contribution in [0.15, 0.2) is 61.2 Å². The summed E-state index contributed by atoms with van der Waals surface area (Å²) < 4.78 is 14.1. The minimum absolute atomic E-state index is 0.107. The van der Waals surface area contributed by atoms with Gasteiger partial charge in [-0.1, -0.05) is 23.7 Å². The van der Waals surface area contributed by atoms with Crippen LogP contribution in [0.2, 0.25) is 5.02 Å². The summed E-state index contributed by atoms with van der Waals surface area (Å²) in [5.74, 6) is -1.03. The molecule has 0 saturated heterocycles. The van der Waals surface area contributed by atoms with E-state index in [-0.39, 0.29) is 22.9 Å². The van der Waals surface area contributed by atoms with Crippen molar-refractivity contribution < 1.29 is 19.1 Å². The summed E-state index contributed by atoms with van der Waals surface area (Å²) >= 11 is 5.94. The predicted octanol–water partition coefficient (Wildman–Crippen LogP) is 3.56. The highest BCUT2D eigenvalue weighted by Gasteiger charge is 2.34. The van der Waals surface area contributed by atoms with Gasteiger partial charge in [0.1, 0.15) is 24.2 Å². The number of benzene rings is 2. The molecular weight excluding hydrogens is 435 g/mol.